The fourth-order valence-electron chi connectivity index (χ4n) is 1.91. The smallest absolute Gasteiger partial charge is 0.224 e. The number of carbonyl (C=O) groups is 1. The van der Waals surface area contributed by atoms with Gasteiger partial charge >= 0.3 is 0 Å². The Morgan fingerprint density at radius 1 is 1.29 bits per heavy atom. The van der Waals surface area contributed by atoms with Gasteiger partial charge in [-0.05, 0) is 42.3 Å². The molecule has 0 bridgehead atoms. The zero-order chi connectivity index (χ0) is 15.2. The summed E-state index contributed by atoms with van der Waals surface area (Å²) >= 11 is 9.43. The molecule has 3 nitrogen and oxygen atoms in total. The lowest BCUT2D eigenvalue weighted by atomic mass is 10.1. The summed E-state index contributed by atoms with van der Waals surface area (Å²) in [7, 11) is 1.58. The van der Waals surface area contributed by atoms with E-state index >= 15 is 0 Å². The number of anilines is 1. The molecule has 0 aliphatic heterocycles. The van der Waals surface area contributed by atoms with E-state index in [0.29, 0.717) is 23.6 Å². The number of rotatable bonds is 5. The summed E-state index contributed by atoms with van der Waals surface area (Å²) in [5.74, 6) is 0.610. The molecule has 0 heterocycles. The number of hydrogen-bond acceptors (Lipinski definition) is 2. The van der Waals surface area contributed by atoms with Crippen LogP contribution >= 0.6 is 27.5 Å². The van der Waals surface area contributed by atoms with Crippen LogP contribution in [-0.2, 0) is 11.2 Å². The molecular weight excluding hydrogens is 354 g/mol. The molecule has 0 radical (unpaired) electrons. The molecule has 0 aliphatic rings. The van der Waals surface area contributed by atoms with E-state index in [-0.39, 0.29) is 5.91 Å². The summed E-state index contributed by atoms with van der Waals surface area (Å²) in [6, 6.07) is 13.1. The van der Waals surface area contributed by atoms with Crippen LogP contribution < -0.4 is 10.1 Å². The highest BCUT2D eigenvalue weighted by Crippen LogP contribution is 2.25. The van der Waals surface area contributed by atoms with Crippen LogP contribution in [0.3, 0.4) is 0 Å². The van der Waals surface area contributed by atoms with Crippen LogP contribution in [0.5, 0.6) is 5.75 Å². The van der Waals surface area contributed by atoms with E-state index in [4.69, 9.17) is 16.3 Å². The monoisotopic (exact) mass is 367 g/mol. The molecule has 1 N–H and O–H groups in total. The van der Waals surface area contributed by atoms with Crippen molar-refractivity contribution in [3.8, 4) is 5.75 Å². The fraction of sp³-hybridized carbons (Fsp3) is 0.188. The summed E-state index contributed by atoms with van der Waals surface area (Å²) in [5.41, 5.74) is 1.78. The van der Waals surface area contributed by atoms with Crippen LogP contribution in [0.15, 0.2) is 46.9 Å². The quantitative estimate of drug-likeness (QED) is 0.832. The third-order valence-corrected chi connectivity index (χ3v) is 3.75. The standard InChI is InChI=1S/C16H15BrClNO2/c1-21-15-7-5-11(9-14(15)18)6-8-16(20)19-13-4-2-3-12(17)10-13/h2-5,7,9-10H,6,8H2,1H3,(H,19,20). The van der Waals surface area contributed by atoms with Crippen molar-refractivity contribution >= 4 is 39.1 Å². The fourth-order valence-corrected chi connectivity index (χ4v) is 2.59. The van der Waals surface area contributed by atoms with Gasteiger partial charge < -0.3 is 10.1 Å². The van der Waals surface area contributed by atoms with Crippen molar-refractivity contribution in [2.45, 2.75) is 12.8 Å². The highest BCUT2D eigenvalue weighted by atomic mass is 79.9. The second-order valence-corrected chi connectivity index (χ2v) is 5.85. The SMILES string of the molecule is COc1ccc(CCC(=O)Nc2cccc(Br)c2)cc1Cl. The molecule has 0 fully saturated rings. The van der Waals surface area contributed by atoms with Gasteiger partial charge in [-0.25, -0.2) is 0 Å². The van der Waals surface area contributed by atoms with Gasteiger partial charge in [0.05, 0.1) is 12.1 Å². The molecule has 0 saturated heterocycles. The van der Waals surface area contributed by atoms with Gasteiger partial charge in [0.1, 0.15) is 5.75 Å². The number of nitrogens with one attached hydrogen (secondary N) is 1. The van der Waals surface area contributed by atoms with Crippen molar-refractivity contribution in [2.75, 3.05) is 12.4 Å². The number of amides is 1. The van der Waals surface area contributed by atoms with Crippen molar-refractivity contribution in [3.05, 3.63) is 57.5 Å². The van der Waals surface area contributed by atoms with Gasteiger partial charge in [-0.1, -0.05) is 39.7 Å². The molecule has 21 heavy (non-hydrogen) atoms. The van der Waals surface area contributed by atoms with Crippen LogP contribution in [0.25, 0.3) is 0 Å². The lowest BCUT2D eigenvalue weighted by molar-refractivity contribution is -0.116. The van der Waals surface area contributed by atoms with Crippen LogP contribution in [0.2, 0.25) is 5.02 Å². The van der Waals surface area contributed by atoms with Gasteiger partial charge in [0.2, 0.25) is 5.91 Å². The summed E-state index contributed by atoms with van der Waals surface area (Å²) in [6.45, 7) is 0. The third kappa shape index (κ3) is 4.76. The number of halogens is 2. The van der Waals surface area contributed by atoms with Gasteiger partial charge in [-0.2, -0.15) is 0 Å². The minimum absolute atomic E-state index is 0.0277. The van der Waals surface area contributed by atoms with Gasteiger partial charge in [-0.15, -0.1) is 0 Å². The topological polar surface area (TPSA) is 38.3 Å². The summed E-state index contributed by atoms with van der Waals surface area (Å²) in [4.78, 5) is 11.9. The van der Waals surface area contributed by atoms with E-state index in [1.54, 1.807) is 7.11 Å². The zero-order valence-corrected chi connectivity index (χ0v) is 13.9. The third-order valence-electron chi connectivity index (χ3n) is 2.97. The Hall–Kier alpha value is -1.52. The lowest BCUT2D eigenvalue weighted by Crippen LogP contribution is -2.12. The maximum atomic E-state index is 11.9. The maximum Gasteiger partial charge on any atom is 0.224 e. The molecule has 1 amide bonds. The van der Waals surface area contributed by atoms with E-state index in [1.807, 2.05) is 42.5 Å². The molecular formula is C16H15BrClNO2. The molecule has 2 aromatic rings. The normalized spacial score (nSPS) is 10.2. The zero-order valence-electron chi connectivity index (χ0n) is 11.5. The molecule has 2 aromatic carbocycles. The van der Waals surface area contributed by atoms with E-state index in [2.05, 4.69) is 21.2 Å². The minimum atomic E-state index is -0.0277. The van der Waals surface area contributed by atoms with Crippen LogP contribution in [0.4, 0.5) is 5.69 Å². The number of hydrogen-bond donors (Lipinski definition) is 1. The van der Waals surface area contributed by atoms with Crippen LogP contribution in [0.1, 0.15) is 12.0 Å². The summed E-state index contributed by atoms with van der Waals surface area (Å²) in [5, 5.41) is 3.42. The Morgan fingerprint density at radius 3 is 2.76 bits per heavy atom. The van der Waals surface area contributed by atoms with Crippen molar-refractivity contribution in [2.24, 2.45) is 0 Å². The van der Waals surface area contributed by atoms with E-state index < -0.39 is 0 Å². The molecule has 0 aliphatic carbocycles. The van der Waals surface area contributed by atoms with Crippen molar-refractivity contribution in [3.63, 3.8) is 0 Å². The highest BCUT2D eigenvalue weighted by Gasteiger charge is 2.06. The average Bonchev–Trinajstić information content (AvgIpc) is 2.45. The first kappa shape index (κ1) is 15.9. The second-order valence-electron chi connectivity index (χ2n) is 4.53. The summed E-state index contributed by atoms with van der Waals surface area (Å²) in [6.07, 6.45) is 1.03. The Labute approximate surface area is 137 Å². The molecule has 0 aromatic heterocycles. The molecule has 2 rings (SSSR count). The van der Waals surface area contributed by atoms with Crippen molar-refractivity contribution in [1.82, 2.24) is 0 Å². The number of carbonyl (C=O) groups excluding carboxylic acids is 1. The van der Waals surface area contributed by atoms with E-state index in [0.717, 1.165) is 15.7 Å². The first-order chi connectivity index (χ1) is 10.1. The molecule has 0 unspecified atom stereocenters. The van der Waals surface area contributed by atoms with Gasteiger partial charge in [0.15, 0.2) is 0 Å². The van der Waals surface area contributed by atoms with Crippen molar-refractivity contribution in [1.29, 1.82) is 0 Å². The maximum absolute atomic E-state index is 11.9. The second kappa shape index (κ2) is 7.48. The first-order valence-corrected chi connectivity index (χ1v) is 7.63. The Kier molecular flexibility index (Phi) is 5.65. The average molecular weight is 369 g/mol. The van der Waals surface area contributed by atoms with E-state index in [1.165, 1.54) is 0 Å². The molecule has 0 saturated carbocycles. The Morgan fingerprint density at radius 2 is 2.10 bits per heavy atom. The lowest BCUT2D eigenvalue weighted by Gasteiger charge is -2.07. The number of benzene rings is 2. The minimum Gasteiger partial charge on any atom is -0.495 e. The number of aryl methyl sites for hydroxylation is 1. The van der Waals surface area contributed by atoms with Crippen LogP contribution in [0, 0.1) is 0 Å². The molecule has 5 heteroatoms. The largest absolute Gasteiger partial charge is 0.495 e. The predicted octanol–water partition coefficient (Wildman–Crippen LogP) is 4.68. The van der Waals surface area contributed by atoms with Gasteiger partial charge in [0, 0.05) is 16.6 Å². The Balaban J connectivity index is 1.90. The number of ether oxygens (including phenoxy) is 1. The number of methoxy groups -OCH3 is 1. The molecule has 0 atom stereocenters. The highest BCUT2D eigenvalue weighted by molar-refractivity contribution is 9.10. The van der Waals surface area contributed by atoms with Crippen molar-refractivity contribution < 1.29 is 9.53 Å². The van der Waals surface area contributed by atoms with Gasteiger partial charge in [0.25, 0.3) is 0 Å². The molecule has 110 valence electrons. The van der Waals surface area contributed by atoms with E-state index in [9.17, 15) is 4.79 Å². The van der Waals surface area contributed by atoms with Gasteiger partial charge in [-0.3, -0.25) is 4.79 Å². The summed E-state index contributed by atoms with van der Waals surface area (Å²) < 4.78 is 6.03. The first-order valence-electron chi connectivity index (χ1n) is 6.46. The predicted molar refractivity (Wildman–Crippen MR) is 89.1 cm³/mol. The Bertz CT molecular complexity index is 646. The molecule has 0 spiro atoms. The van der Waals surface area contributed by atoms with Crippen LogP contribution in [-0.4, -0.2) is 13.0 Å².